The van der Waals surface area contributed by atoms with Gasteiger partial charge in [0, 0.05) is 12.8 Å². The lowest BCUT2D eigenvalue weighted by Crippen LogP contribution is -2.47. The third-order valence-electron chi connectivity index (χ3n) is 9.00. The Morgan fingerprint density at radius 2 is 1.07 bits per heavy atom. The number of allylic oxidation sites excluding steroid dienone is 10. The Balaban J connectivity index is 4.42. The summed E-state index contributed by atoms with van der Waals surface area (Å²) >= 11 is 0. The maximum Gasteiger partial charge on any atom is 0.328 e. The summed E-state index contributed by atoms with van der Waals surface area (Å²) in [5, 5.41) is 22.5. The molecule has 2 amide bonds. The average Bonchev–Trinajstić information content (AvgIpc) is 3.15. The van der Waals surface area contributed by atoms with E-state index < -0.39 is 24.5 Å². The van der Waals surface area contributed by atoms with Gasteiger partial charge in [-0.25, -0.2) is 4.79 Å². The number of hydrogen-bond donors (Lipinski definition) is 4. The number of aliphatic carboxylic acids is 1. The highest BCUT2D eigenvalue weighted by Gasteiger charge is 2.19. The standard InChI is InChI=1S/C45H76N2O7/c1-3-5-7-9-11-13-15-16-17-18-20-22-24-29-33-37-44(51)54-40(34-30-26-23-21-19-14-12-10-8-6-4-2)35-31-27-25-28-32-36-42(49)46-38-43(50)47-41(39-48)45(52)53/h5,7,11,13,16-17,20-23,40-41,48H,3-4,6,8-10,12,14-15,18-19,24-39H2,1-2H3,(H,46,49)(H,47,50)(H,52,53)/b7-5-,13-11-,17-16-,22-20-,23-21-. The number of aliphatic hydroxyl groups is 1. The van der Waals surface area contributed by atoms with Crippen LogP contribution in [0, 0.1) is 0 Å². The number of rotatable bonds is 37. The van der Waals surface area contributed by atoms with Crippen LogP contribution in [-0.4, -0.2) is 59.3 Å². The van der Waals surface area contributed by atoms with E-state index in [-0.39, 0.29) is 30.9 Å². The van der Waals surface area contributed by atoms with Crippen molar-refractivity contribution in [2.45, 2.75) is 187 Å². The first-order valence-electron chi connectivity index (χ1n) is 21.2. The van der Waals surface area contributed by atoms with Gasteiger partial charge in [0.1, 0.15) is 12.1 Å². The molecule has 2 unspecified atom stereocenters. The topological polar surface area (TPSA) is 142 Å². The highest BCUT2D eigenvalue weighted by molar-refractivity contribution is 5.87. The number of esters is 1. The zero-order valence-corrected chi connectivity index (χ0v) is 34.0. The van der Waals surface area contributed by atoms with Gasteiger partial charge in [0.25, 0.3) is 0 Å². The van der Waals surface area contributed by atoms with Gasteiger partial charge in [-0.05, 0) is 96.3 Å². The maximum atomic E-state index is 12.7. The zero-order valence-electron chi connectivity index (χ0n) is 34.0. The molecule has 0 aliphatic rings. The van der Waals surface area contributed by atoms with Crippen molar-refractivity contribution in [3.05, 3.63) is 60.8 Å². The SMILES string of the molecule is CC/C=C\C/C=C\C/C=C\C/C=C\CCCCC(=O)OC(CCC/C=C\CCCCCCCC)CCCCCCCC(=O)NCC(=O)NC(CO)C(=O)O. The van der Waals surface area contributed by atoms with Crippen molar-refractivity contribution in [1.29, 1.82) is 0 Å². The summed E-state index contributed by atoms with van der Waals surface area (Å²) < 4.78 is 5.98. The van der Waals surface area contributed by atoms with Crippen LogP contribution in [0.5, 0.6) is 0 Å². The molecule has 0 bridgehead atoms. The predicted octanol–water partition coefficient (Wildman–Crippen LogP) is 10.1. The van der Waals surface area contributed by atoms with E-state index in [4.69, 9.17) is 14.9 Å². The van der Waals surface area contributed by atoms with Gasteiger partial charge in [-0.3, -0.25) is 14.4 Å². The van der Waals surface area contributed by atoms with Gasteiger partial charge in [0.05, 0.1) is 13.2 Å². The molecule has 0 aromatic rings. The van der Waals surface area contributed by atoms with Crippen LogP contribution < -0.4 is 10.6 Å². The molecule has 0 spiro atoms. The number of nitrogens with one attached hydrogen (secondary N) is 2. The number of aliphatic hydroxyl groups excluding tert-OH is 1. The Labute approximate surface area is 328 Å². The van der Waals surface area contributed by atoms with Gasteiger partial charge in [-0.1, -0.05) is 126 Å². The molecule has 0 aromatic heterocycles. The van der Waals surface area contributed by atoms with Crippen molar-refractivity contribution >= 4 is 23.8 Å². The highest BCUT2D eigenvalue weighted by Crippen LogP contribution is 2.17. The lowest BCUT2D eigenvalue weighted by atomic mass is 10.0. The monoisotopic (exact) mass is 757 g/mol. The minimum atomic E-state index is -1.39. The molecule has 308 valence electrons. The van der Waals surface area contributed by atoms with Gasteiger partial charge in [-0.15, -0.1) is 0 Å². The summed E-state index contributed by atoms with van der Waals surface area (Å²) in [5.74, 6) is -2.37. The van der Waals surface area contributed by atoms with Gasteiger partial charge >= 0.3 is 11.9 Å². The second-order valence-corrected chi connectivity index (χ2v) is 14.0. The number of carboxylic acid groups (broad SMARTS) is 1. The van der Waals surface area contributed by atoms with Crippen LogP contribution in [-0.2, 0) is 23.9 Å². The van der Waals surface area contributed by atoms with Crippen LogP contribution in [0.3, 0.4) is 0 Å². The summed E-state index contributed by atoms with van der Waals surface area (Å²) in [6, 6.07) is -1.39. The van der Waals surface area contributed by atoms with Crippen LogP contribution >= 0.6 is 0 Å². The molecule has 0 saturated heterocycles. The normalized spacial score (nSPS) is 13.1. The number of hydrogen-bond acceptors (Lipinski definition) is 6. The first-order chi connectivity index (χ1) is 26.3. The minimum Gasteiger partial charge on any atom is -0.480 e. The van der Waals surface area contributed by atoms with Crippen LogP contribution in [0.1, 0.15) is 174 Å². The van der Waals surface area contributed by atoms with E-state index in [0.717, 1.165) is 103 Å². The van der Waals surface area contributed by atoms with Crippen molar-refractivity contribution in [1.82, 2.24) is 10.6 Å². The van der Waals surface area contributed by atoms with E-state index in [9.17, 15) is 19.2 Å². The Bertz CT molecular complexity index is 1100. The summed E-state index contributed by atoms with van der Waals surface area (Å²) in [6.45, 7) is 3.34. The molecular weight excluding hydrogens is 681 g/mol. The van der Waals surface area contributed by atoms with Crippen LogP contribution in [0.2, 0.25) is 0 Å². The molecule has 0 aliphatic carbocycles. The maximum absolute atomic E-state index is 12.7. The molecule has 4 N–H and O–H groups in total. The first kappa shape index (κ1) is 50.5. The highest BCUT2D eigenvalue weighted by atomic mass is 16.5. The number of carbonyl (C=O) groups is 4. The fraction of sp³-hybridized carbons (Fsp3) is 0.689. The Hall–Kier alpha value is -3.46. The molecular formula is C45H76N2O7. The van der Waals surface area contributed by atoms with E-state index in [2.05, 4.69) is 85.2 Å². The third kappa shape index (κ3) is 35.6. The molecule has 9 nitrogen and oxygen atoms in total. The molecule has 2 atom stereocenters. The van der Waals surface area contributed by atoms with E-state index >= 15 is 0 Å². The van der Waals surface area contributed by atoms with E-state index in [1.165, 1.54) is 38.5 Å². The summed E-state index contributed by atoms with van der Waals surface area (Å²) in [6.07, 6.45) is 46.7. The molecule has 0 saturated carbocycles. The van der Waals surface area contributed by atoms with E-state index in [1.807, 2.05) is 0 Å². The number of amides is 2. The smallest absolute Gasteiger partial charge is 0.328 e. The Morgan fingerprint density at radius 1 is 0.574 bits per heavy atom. The van der Waals surface area contributed by atoms with Crippen LogP contribution in [0.25, 0.3) is 0 Å². The van der Waals surface area contributed by atoms with E-state index in [1.54, 1.807) is 0 Å². The number of carboxylic acids is 1. The molecule has 0 aliphatic heterocycles. The molecule has 0 heterocycles. The quantitative estimate of drug-likeness (QED) is 0.0281. The molecule has 0 rings (SSSR count). The van der Waals surface area contributed by atoms with E-state index in [0.29, 0.717) is 12.8 Å². The van der Waals surface area contributed by atoms with Gasteiger partial charge < -0.3 is 25.6 Å². The minimum absolute atomic E-state index is 0.0673. The van der Waals surface area contributed by atoms with Crippen LogP contribution in [0.15, 0.2) is 60.8 Å². The number of unbranched alkanes of at least 4 members (excludes halogenated alkanes) is 13. The van der Waals surface area contributed by atoms with Gasteiger partial charge in [0.2, 0.25) is 11.8 Å². The largest absolute Gasteiger partial charge is 0.480 e. The molecule has 0 radical (unpaired) electrons. The summed E-state index contributed by atoms with van der Waals surface area (Å²) in [4.78, 5) is 47.5. The Kier molecular flexibility index (Phi) is 36.7. The zero-order chi connectivity index (χ0) is 39.7. The Morgan fingerprint density at radius 3 is 1.70 bits per heavy atom. The second-order valence-electron chi connectivity index (χ2n) is 14.0. The fourth-order valence-corrected chi connectivity index (χ4v) is 5.76. The van der Waals surface area contributed by atoms with Gasteiger partial charge in [-0.2, -0.15) is 0 Å². The molecule has 0 fully saturated rings. The molecule has 9 heteroatoms. The average molecular weight is 757 g/mol. The number of ether oxygens (including phenoxy) is 1. The molecule has 0 aromatic carbocycles. The predicted molar refractivity (Wildman–Crippen MR) is 222 cm³/mol. The second kappa shape index (κ2) is 39.2. The summed E-state index contributed by atoms with van der Waals surface area (Å²) in [7, 11) is 0. The van der Waals surface area contributed by atoms with Crippen molar-refractivity contribution in [2.24, 2.45) is 0 Å². The van der Waals surface area contributed by atoms with Crippen LogP contribution in [0.4, 0.5) is 0 Å². The lowest BCUT2D eigenvalue weighted by molar-refractivity contribution is -0.150. The lowest BCUT2D eigenvalue weighted by Gasteiger charge is -2.18. The first-order valence-corrected chi connectivity index (χ1v) is 21.2. The van der Waals surface area contributed by atoms with Crippen molar-refractivity contribution < 1.29 is 34.1 Å². The third-order valence-corrected chi connectivity index (χ3v) is 9.00. The summed E-state index contributed by atoms with van der Waals surface area (Å²) in [5.41, 5.74) is 0. The van der Waals surface area contributed by atoms with Crippen molar-refractivity contribution in [3.63, 3.8) is 0 Å². The fourth-order valence-electron chi connectivity index (χ4n) is 5.76. The molecule has 54 heavy (non-hydrogen) atoms. The van der Waals surface area contributed by atoms with Gasteiger partial charge in [0.15, 0.2) is 0 Å². The number of carbonyl (C=O) groups excluding carboxylic acids is 3. The van der Waals surface area contributed by atoms with Crippen molar-refractivity contribution in [3.8, 4) is 0 Å². The van der Waals surface area contributed by atoms with Crippen molar-refractivity contribution in [2.75, 3.05) is 13.2 Å².